The van der Waals surface area contributed by atoms with Gasteiger partial charge in [-0.1, -0.05) is 0 Å². The van der Waals surface area contributed by atoms with Crippen LogP contribution in [0.3, 0.4) is 0 Å². The summed E-state index contributed by atoms with van der Waals surface area (Å²) < 4.78 is 0. The number of hydrogen-bond acceptors (Lipinski definition) is 4. The Kier molecular flexibility index (Phi) is 2.17. The summed E-state index contributed by atoms with van der Waals surface area (Å²) in [7, 11) is 0. The number of urea groups is 1. The number of amides is 4. The van der Waals surface area contributed by atoms with E-state index >= 15 is 0 Å². The van der Waals surface area contributed by atoms with Crippen molar-refractivity contribution in [3.63, 3.8) is 0 Å². The first-order valence-electron chi connectivity index (χ1n) is 4.24. The fourth-order valence-corrected chi connectivity index (χ4v) is 1.25. The molecule has 0 bridgehead atoms. The quantitative estimate of drug-likeness (QED) is 0.529. The first-order valence-corrected chi connectivity index (χ1v) is 4.24. The molecule has 0 unspecified atom stereocenters. The van der Waals surface area contributed by atoms with E-state index in [4.69, 9.17) is 0 Å². The molecule has 1 fully saturated rings. The molecular weight excluding hydrogens is 198 g/mol. The lowest BCUT2D eigenvalue weighted by Gasteiger charge is -2.10. The van der Waals surface area contributed by atoms with Crippen molar-refractivity contribution in [3.8, 4) is 0 Å². The van der Waals surface area contributed by atoms with Gasteiger partial charge >= 0.3 is 17.8 Å². The van der Waals surface area contributed by atoms with Gasteiger partial charge in [0.15, 0.2) is 0 Å². The molecule has 0 radical (unpaired) electrons. The molecule has 2 rings (SSSR count). The molecule has 0 atom stereocenters. The second kappa shape index (κ2) is 3.49. The smallest absolute Gasteiger partial charge is 0.269 e. The summed E-state index contributed by atoms with van der Waals surface area (Å²) in [6, 6.07) is 2.66. The van der Waals surface area contributed by atoms with Crippen molar-refractivity contribution >= 4 is 17.8 Å². The summed E-state index contributed by atoms with van der Waals surface area (Å²) in [5, 5.41) is 1.92. The van der Waals surface area contributed by atoms with Crippen molar-refractivity contribution in [2.75, 3.05) is 0 Å². The normalized spacial score (nSPS) is 15.7. The van der Waals surface area contributed by atoms with Crippen LogP contribution < -0.4 is 5.32 Å². The number of pyridine rings is 1. The SMILES string of the molecule is O=C1NC(=O)N(Cc2ccncc2)C1=O. The number of nitrogens with zero attached hydrogens (tertiary/aromatic N) is 2. The van der Waals surface area contributed by atoms with Crippen molar-refractivity contribution in [1.82, 2.24) is 15.2 Å². The summed E-state index contributed by atoms with van der Waals surface area (Å²) >= 11 is 0. The van der Waals surface area contributed by atoms with E-state index in [9.17, 15) is 14.4 Å². The van der Waals surface area contributed by atoms with E-state index < -0.39 is 17.8 Å². The van der Waals surface area contributed by atoms with Crippen LogP contribution in [0.25, 0.3) is 0 Å². The Hall–Kier alpha value is -2.24. The monoisotopic (exact) mass is 205 g/mol. The average molecular weight is 205 g/mol. The lowest BCUT2D eigenvalue weighted by atomic mass is 10.2. The molecule has 1 aliphatic heterocycles. The lowest BCUT2D eigenvalue weighted by molar-refractivity contribution is -0.140. The highest BCUT2D eigenvalue weighted by Gasteiger charge is 2.36. The van der Waals surface area contributed by atoms with Crippen LogP contribution in [0.1, 0.15) is 5.56 Å². The van der Waals surface area contributed by atoms with Gasteiger partial charge in [-0.3, -0.25) is 24.8 Å². The highest BCUT2D eigenvalue weighted by atomic mass is 16.2. The van der Waals surface area contributed by atoms with E-state index in [0.717, 1.165) is 10.5 Å². The van der Waals surface area contributed by atoms with E-state index in [2.05, 4.69) is 4.98 Å². The summed E-state index contributed by atoms with van der Waals surface area (Å²) in [6.07, 6.45) is 3.10. The van der Waals surface area contributed by atoms with Crippen LogP contribution >= 0.6 is 0 Å². The van der Waals surface area contributed by atoms with E-state index in [-0.39, 0.29) is 6.54 Å². The molecule has 1 saturated heterocycles. The van der Waals surface area contributed by atoms with Gasteiger partial charge in [0.05, 0.1) is 6.54 Å². The minimum atomic E-state index is -0.881. The molecule has 0 saturated carbocycles. The summed E-state index contributed by atoms with van der Waals surface area (Å²) in [4.78, 5) is 37.9. The van der Waals surface area contributed by atoms with E-state index in [1.807, 2.05) is 5.32 Å². The summed E-state index contributed by atoms with van der Waals surface area (Å²) in [6.45, 7) is 0.0823. The highest BCUT2D eigenvalue weighted by Crippen LogP contribution is 2.07. The Balaban J connectivity index is 2.16. The van der Waals surface area contributed by atoms with Crippen LogP contribution in [0.2, 0.25) is 0 Å². The number of imide groups is 2. The van der Waals surface area contributed by atoms with Gasteiger partial charge in [0.1, 0.15) is 0 Å². The van der Waals surface area contributed by atoms with Crippen molar-refractivity contribution in [2.24, 2.45) is 0 Å². The number of carbonyl (C=O) groups is 3. The Morgan fingerprint density at radius 3 is 2.40 bits per heavy atom. The van der Waals surface area contributed by atoms with Gasteiger partial charge in [0.2, 0.25) is 0 Å². The maximum absolute atomic E-state index is 11.2. The third-order valence-corrected chi connectivity index (χ3v) is 2.00. The highest BCUT2D eigenvalue weighted by molar-refractivity contribution is 6.44. The maximum Gasteiger partial charge on any atom is 0.331 e. The molecule has 1 N–H and O–H groups in total. The van der Waals surface area contributed by atoms with Crippen molar-refractivity contribution in [1.29, 1.82) is 0 Å². The fraction of sp³-hybridized carbons (Fsp3) is 0.111. The molecule has 15 heavy (non-hydrogen) atoms. The van der Waals surface area contributed by atoms with E-state index in [1.165, 1.54) is 0 Å². The third-order valence-electron chi connectivity index (χ3n) is 2.00. The molecule has 4 amide bonds. The molecule has 6 heteroatoms. The maximum atomic E-state index is 11.2. The summed E-state index contributed by atoms with van der Waals surface area (Å²) in [5.41, 5.74) is 0.739. The Bertz CT molecular complexity index is 429. The van der Waals surface area contributed by atoms with Crippen LogP contribution in [0.15, 0.2) is 24.5 Å². The first-order chi connectivity index (χ1) is 7.18. The molecule has 0 aliphatic carbocycles. The second-order valence-electron chi connectivity index (χ2n) is 3.01. The largest absolute Gasteiger partial charge is 0.331 e. The predicted molar refractivity (Wildman–Crippen MR) is 48.3 cm³/mol. The number of aromatic nitrogens is 1. The fourth-order valence-electron chi connectivity index (χ4n) is 1.25. The lowest BCUT2D eigenvalue weighted by Crippen LogP contribution is -2.30. The number of nitrogens with one attached hydrogen (secondary N) is 1. The zero-order valence-corrected chi connectivity index (χ0v) is 7.64. The van der Waals surface area contributed by atoms with Gasteiger partial charge in [-0.15, -0.1) is 0 Å². The molecule has 0 aromatic carbocycles. The van der Waals surface area contributed by atoms with Crippen LogP contribution in [-0.2, 0) is 16.1 Å². The van der Waals surface area contributed by atoms with Gasteiger partial charge in [-0.25, -0.2) is 4.79 Å². The van der Waals surface area contributed by atoms with Gasteiger partial charge in [-0.2, -0.15) is 0 Å². The third kappa shape index (κ3) is 1.69. The predicted octanol–water partition coefficient (Wildman–Crippen LogP) is -0.340. The van der Waals surface area contributed by atoms with Gasteiger partial charge < -0.3 is 0 Å². The zero-order valence-electron chi connectivity index (χ0n) is 7.64. The number of carbonyl (C=O) groups excluding carboxylic acids is 3. The standard InChI is InChI=1S/C9H7N3O3/c13-7-8(14)12(9(15)11-7)5-6-1-3-10-4-2-6/h1-4H,5H2,(H,11,13,15). The minimum Gasteiger partial charge on any atom is -0.269 e. The van der Waals surface area contributed by atoms with E-state index in [1.54, 1.807) is 24.5 Å². The van der Waals surface area contributed by atoms with Crippen LogP contribution in [-0.4, -0.2) is 27.7 Å². The molecule has 0 spiro atoms. The van der Waals surface area contributed by atoms with Crippen LogP contribution in [0.5, 0.6) is 0 Å². The van der Waals surface area contributed by atoms with Gasteiger partial charge in [-0.05, 0) is 17.7 Å². The number of hydrogen-bond donors (Lipinski definition) is 1. The Labute approximate surface area is 84.9 Å². The van der Waals surface area contributed by atoms with E-state index in [0.29, 0.717) is 0 Å². The zero-order chi connectivity index (χ0) is 10.8. The molecule has 1 aromatic heterocycles. The van der Waals surface area contributed by atoms with Crippen molar-refractivity contribution in [2.45, 2.75) is 6.54 Å². The molecule has 6 nitrogen and oxygen atoms in total. The average Bonchev–Trinajstić information content (AvgIpc) is 2.47. The number of rotatable bonds is 2. The molecular formula is C9H7N3O3. The Morgan fingerprint density at radius 2 is 1.87 bits per heavy atom. The first kappa shape index (κ1) is 9.32. The van der Waals surface area contributed by atoms with Gasteiger partial charge in [0, 0.05) is 12.4 Å². The van der Waals surface area contributed by atoms with Gasteiger partial charge in [0.25, 0.3) is 0 Å². The molecule has 76 valence electrons. The molecule has 2 heterocycles. The minimum absolute atomic E-state index is 0.0823. The second-order valence-corrected chi connectivity index (χ2v) is 3.01. The van der Waals surface area contributed by atoms with Crippen LogP contribution in [0, 0.1) is 0 Å². The topological polar surface area (TPSA) is 79.4 Å². The van der Waals surface area contributed by atoms with Crippen LogP contribution in [0.4, 0.5) is 4.79 Å². The summed E-state index contributed by atoms with van der Waals surface area (Å²) in [5.74, 6) is -1.70. The Morgan fingerprint density at radius 1 is 1.20 bits per heavy atom. The van der Waals surface area contributed by atoms with Crippen molar-refractivity contribution < 1.29 is 14.4 Å². The van der Waals surface area contributed by atoms with Crippen molar-refractivity contribution in [3.05, 3.63) is 30.1 Å². The molecule has 1 aromatic rings. The molecule has 1 aliphatic rings.